The van der Waals surface area contributed by atoms with E-state index in [9.17, 15) is 26.4 Å². The van der Waals surface area contributed by atoms with Crippen LogP contribution in [-0.4, -0.2) is 66.7 Å². The summed E-state index contributed by atoms with van der Waals surface area (Å²) in [4.78, 5) is 20.8. The monoisotopic (exact) mass is 571 g/mol. The number of nitrogens with zero attached hydrogens (tertiary/aromatic N) is 5. The number of hydrogen-bond donors (Lipinski definition) is 0. The minimum absolute atomic E-state index is 0.0450. The van der Waals surface area contributed by atoms with Gasteiger partial charge in [-0.1, -0.05) is 24.3 Å². The van der Waals surface area contributed by atoms with Crippen LogP contribution < -0.4 is 9.64 Å². The van der Waals surface area contributed by atoms with Gasteiger partial charge in [-0.05, 0) is 48.5 Å². The maximum Gasteiger partial charge on any atom is 0.416 e. The summed E-state index contributed by atoms with van der Waals surface area (Å²) in [5, 5.41) is 3.94. The highest BCUT2D eigenvalue weighted by molar-refractivity contribution is 7.89. The van der Waals surface area contributed by atoms with Crippen LogP contribution in [0.5, 0.6) is 5.75 Å². The Morgan fingerprint density at radius 1 is 0.900 bits per heavy atom. The number of carbonyl (C=O) groups is 1. The summed E-state index contributed by atoms with van der Waals surface area (Å²) in [6, 6.07) is 17.3. The minimum Gasteiger partial charge on any atom is -0.495 e. The summed E-state index contributed by atoms with van der Waals surface area (Å²) in [7, 11) is -2.54. The van der Waals surface area contributed by atoms with Crippen molar-refractivity contribution >= 4 is 21.6 Å². The smallest absolute Gasteiger partial charge is 0.416 e. The lowest BCUT2D eigenvalue weighted by Crippen LogP contribution is -2.48. The van der Waals surface area contributed by atoms with Crippen molar-refractivity contribution in [3.05, 3.63) is 90.3 Å². The first kappa shape index (κ1) is 27.2. The third-order valence-corrected chi connectivity index (χ3v) is 8.12. The molecule has 0 atom stereocenters. The summed E-state index contributed by atoms with van der Waals surface area (Å²) in [6.07, 6.45) is -3.52. The van der Waals surface area contributed by atoms with Crippen molar-refractivity contribution in [2.45, 2.75) is 11.1 Å². The van der Waals surface area contributed by atoms with Crippen LogP contribution in [0.4, 0.5) is 18.9 Å². The molecule has 208 valence electrons. The molecule has 1 amide bonds. The summed E-state index contributed by atoms with van der Waals surface area (Å²) < 4.78 is 70.7. The zero-order valence-electron chi connectivity index (χ0n) is 21.2. The van der Waals surface area contributed by atoms with Crippen LogP contribution in [0.2, 0.25) is 0 Å². The van der Waals surface area contributed by atoms with Crippen molar-refractivity contribution in [1.29, 1.82) is 0 Å². The number of para-hydroxylation sites is 2. The number of rotatable bonds is 6. The fourth-order valence-electron chi connectivity index (χ4n) is 4.41. The number of amides is 1. The van der Waals surface area contributed by atoms with Gasteiger partial charge in [0.1, 0.15) is 12.1 Å². The van der Waals surface area contributed by atoms with E-state index in [1.807, 2.05) is 24.3 Å². The number of carbonyl (C=O) groups excluding carboxylic acids is 1. The molecule has 1 aromatic heterocycles. The van der Waals surface area contributed by atoms with Gasteiger partial charge < -0.3 is 14.5 Å². The highest BCUT2D eigenvalue weighted by Gasteiger charge is 2.30. The molecule has 2 heterocycles. The van der Waals surface area contributed by atoms with Crippen LogP contribution in [0.15, 0.2) is 84.0 Å². The lowest BCUT2D eigenvalue weighted by Gasteiger charge is -2.36. The van der Waals surface area contributed by atoms with E-state index in [-0.39, 0.29) is 22.2 Å². The van der Waals surface area contributed by atoms with Crippen LogP contribution in [0.1, 0.15) is 15.9 Å². The first-order valence-corrected chi connectivity index (χ1v) is 13.6. The second-order valence-electron chi connectivity index (χ2n) is 9.00. The largest absolute Gasteiger partial charge is 0.495 e. The lowest BCUT2D eigenvalue weighted by atomic mass is 10.1. The minimum atomic E-state index is -4.49. The van der Waals surface area contributed by atoms with E-state index >= 15 is 0 Å². The standard InChI is InChI=1S/C27H24F3N5O4S/c1-39-24-5-3-2-4-23(24)33-14-16-34(17-15-33)26(36)20-8-12-22(13-9-20)40(37,38)35-18-31-25(32-35)19-6-10-21(11-7-19)27(28,29)30/h2-13,18H,14-17H2,1H3. The van der Waals surface area contributed by atoms with Crippen LogP contribution in [-0.2, 0) is 16.2 Å². The van der Waals surface area contributed by atoms with Crippen molar-refractivity contribution in [3.8, 4) is 17.1 Å². The van der Waals surface area contributed by atoms with Gasteiger partial charge in [0.05, 0.1) is 23.3 Å². The van der Waals surface area contributed by atoms with Gasteiger partial charge in [-0.3, -0.25) is 4.79 Å². The van der Waals surface area contributed by atoms with Crippen molar-refractivity contribution in [2.75, 3.05) is 38.2 Å². The molecule has 13 heteroatoms. The molecule has 0 bridgehead atoms. The number of halogens is 3. The van der Waals surface area contributed by atoms with Crippen molar-refractivity contribution < 1.29 is 31.1 Å². The number of methoxy groups -OCH3 is 1. The Morgan fingerprint density at radius 2 is 1.55 bits per heavy atom. The van der Waals surface area contributed by atoms with Gasteiger partial charge in [0, 0.05) is 37.3 Å². The molecule has 1 fully saturated rings. The van der Waals surface area contributed by atoms with E-state index in [1.54, 1.807) is 12.0 Å². The molecule has 1 aliphatic rings. The van der Waals surface area contributed by atoms with Crippen LogP contribution in [0.25, 0.3) is 11.4 Å². The Morgan fingerprint density at radius 3 is 2.17 bits per heavy atom. The SMILES string of the molecule is COc1ccccc1N1CCN(C(=O)c2ccc(S(=O)(=O)n3cnc(-c4ccc(C(F)(F)F)cc4)n3)cc2)CC1. The molecule has 1 saturated heterocycles. The number of benzene rings is 3. The average molecular weight is 572 g/mol. The third-order valence-electron chi connectivity index (χ3n) is 6.58. The average Bonchev–Trinajstić information content (AvgIpc) is 3.48. The normalized spacial score (nSPS) is 14.3. The number of anilines is 1. The molecular weight excluding hydrogens is 547 g/mol. The van der Waals surface area contributed by atoms with Gasteiger partial charge in [0.2, 0.25) is 0 Å². The molecule has 0 aliphatic carbocycles. The van der Waals surface area contributed by atoms with Crippen molar-refractivity contribution in [1.82, 2.24) is 19.1 Å². The van der Waals surface area contributed by atoms with Gasteiger partial charge >= 0.3 is 6.18 Å². The highest BCUT2D eigenvalue weighted by Crippen LogP contribution is 2.31. The molecule has 1 aliphatic heterocycles. The fraction of sp³-hybridized carbons (Fsp3) is 0.222. The molecule has 4 aromatic rings. The first-order chi connectivity index (χ1) is 19.1. The summed E-state index contributed by atoms with van der Waals surface area (Å²) in [5.41, 5.74) is 0.694. The van der Waals surface area contributed by atoms with Crippen LogP contribution in [0, 0.1) is 0 Å². The fourth-order valence-corrected chi connectivity index (χ4v) is 5.46. The Bertz CT molecular complexity index is 1610. The van der Waals surface area contributed by atoms with Gasteiger partial charge in [-0.2, -0.15) is 21.6 Å². The molecule has 5 rings (SSSR count). The number of ether oxygens (including phenoxy) is 1. The van der Waals surface area contributed by atoms with E-state index < -0.39 is 21.8 Å². The van der Waals surface area contributed by atoms with Gasteiger partial charge in [0.25, 0.3) is 15.9 Å². The second-order valence-corrected chi connectivity index (χ2v) is 10.8. The predicted octanol–water partition coefficient (Wildman–Crippen LogP) is 4.17. The molecule has 0 saturated carbocycles. The predicted molar refractivity (Wildman–Crippen MR) is 141 cm³/mol. The Kier molecular flexibility index (Phi) is 7.23. The quantitative estimate of drug-likeness (QED) is 0.343. The molecule has 40 heavy (non-hydrogen) atoms. The van der Waals surface area contributed by atoms with E-state index in [0.717, 1.165) is 29.9 Å². The van der Waals surface area contributed by atoms with Crippen molar-refractivity contribution in [3.63, 3.8) is 0 Å². The summed E-state index contributed by atoms with van der Waals surface area (Å²) in [6.45, 7) is 2.21. The highest BCUT2D eigenvalue weighted by atomic mass is 32.2. The number of aromatic nitrogens is 3. The van der Waals surface area contributed by atoms with Crippen molar-refractivity contribution in [2.24, 2.45) is 0 Å². The number of piperazine rings is 1. The van der Waals surface area contributed by atoms with Crippen LogP contribution in [0.3, 0.4) is 0 Å². The third kappa shape index (κ3) is 5.37. The zero-order valence-corrected chi connectivity index (χ0v) is 22.1. The Labute approximate surface area is 228 Å². The summed E-state index contributed by atoms with van der Waals surface area (Å²) in [5.74, 6) is 0.503. The molecule has 0 spiro atoms. The molecule has 3 aromatic carbocycles. The van der Waals surface area contributed by atoms with E-state index in [2.05, 4.69) is 15.0 Å². The molecule has 0 unspecified atom stereocenters. The maximum atomic E-state index is 13.1. The topological polar surface area (TPSA) is 97.6 Å². The van der Waals surface area contributed by atoms with Gasteiger partial charge in [-0.25, -0.2) is 4.98 Å². The Balaban J connectivity index is 1.26. The lowest BCUT2D eigenvalue weighted by molar-refractivity contribution is -0.137. The maximum absolute atomic E-state index is 13.1. The molecule has 9 nitrogen and oxygen atoms in total. The first-order valence-electron chi connectivity index (χ1n) is 12.2. The van der Waals surface area contributed by atoms with Gasteiger partial charge in [-0.15, -0.1) is 9.19 Å². The number of alkyl halides is 3. The molecular formula is C27H24F3N5O4S. The number of hydrogen-bond acceptors (Lipinski definition) is 7. The van der Waals surface area contributed by atoms with Crippen LogP contribution >= 0.6 is 0 Å². The van der Waals surface area contributed by atoms with E-state index in [0.29, 0.717) is 35.8 Å². The van der Waals surface area contributed by atoms with E-state index in [1.165, 1.54) is 36.4 Å². The Hall–Kier alpha value is -4.39. The van der Waals surface area contributed by atoms with E-state index in [4.69, 9.17) is 4.74 Å². The molecule has 0 N–H and O–H groups in total. The molecule has 0 radical (unpaired) electrons. The second kappa shape index (κ2) is 10.6. The van der Waals surface area contributed by atoms with Gasteiger partial charge in [0.15, 0.2) is 5.82 Å². The zero-order chi connectivity index (χ0) is 28.5. The summed E-state index contributed by atoms with van der Waals surface area (Å²) >= 11 is 0.